The zero-order chi connectivity index (χ0) is 17.9. The number of anilines is 1. The van der Waals surface area contributed by atoms with E-state index in [2.05, 4.69) is 0 Å². The summed E-state index contributed by atoms with van der Waals surface area (Å²) in [6.45, 7) is 0.121. The number of benzene rings is 2. The van der Waals surface area contributed by atoms with Gasteiger partial charge in [-0.05, 0) is 30.5 Å². The van der Waals surface area contributed by atoms with Crippen molar-refractivity contribution in [1.29, 1.82) is 0 Å². The van der Waals surface area contributed by atoms with Crippen molar-refractivity contribution in [3.63, 3.8) is 0 Å². The molecule has 1 atom stereocenters. The van der Waals surface area contributed by atoms with Crippen LogP contribution in [0.2, 0.25) is 0 Å². The van der Waals surface area contributed by atoms with E-state index in [0.717, 1.165) is 24.8 Å². The number of ether oxygens (including phenoxy) is 2. The van der Waals surface area contributed by atoms with Crippen LogP contribution in [0.5, 0.6) is 5.75 Å². The molecule has 1 saturated carbocycles. The van der Waals surface area contributed by atoms with Gasteiger partial charge in [0.1, 0.15) is 12.4 Å². The first-order chi connectivity index (χ1) is 12.7. The van der Waals surface area contributed by atoms with Crippen LogP contribution in [0.4, 0.5) is 5.69 Å². The quantitative estimate of drug-likeness (QED) is 0.791. The van der Waals surface area contributed by atoms with E-state index in [4.69, 9.17) is 9.47 Å². The number of rotatable bonds is 4. The summed E-state index contributed by atoms with van der Waals surface area (Å²) in [6.07, 6.45) is 2.78. The van der Waals surface area contributed by atoms with E-state index in [-0.39, 0.29) is 30.4 Å². The monoisotopic (exact) mass is 351 g/mol. The number of para-hydroxylation sites is 2. The fourth-order valence-electron chi connectivity index (χ4n) is 3.38. The van der Waals surface area contributed by atoms with Gasteiger partial charge in [-0.15, -0.1) is 0 Å². The second-order valence-electron chi connectivity index (χ2n) is 6.70. The highest BCUT2D eigenvalue weighted by atomic mass is 16.5. The predicted molar refractivity (Wildman–Crippen MR) is 96.9 cm³/mol. The molecule has 26 heavy (non-hydrogen) atoms. The molecule has 2 aliphatic rings. The van der Waals surface area contributed by atoms with Crippen molar-refractivity contribution in [3.8, 4) is 5.75 Å². The molecular weight excluding hydrogens is 330 g/mol. The van der Waals surface area contributed by atoms with Gasteiger partial charge in [-0.2, -0.15) is 0 Å². The van der Waals surface area contributed by atoms with Crippen molar-refractivity contribution >= 4 is 17.6 Å². The number of hydrogen-bond acceptors (Lipinski definition) is 4. The third-order valence-electron chi connectivity index (χ3n) is 5.06. The van der Waals surface area contributed by atoms with Gasteiger partial charge in [-0.3, -0.25) is 14.5 Å². The van der Waals surface area contributed by atoms with Crippen LogP contribution in [0.1, 0.15) is 30.9 Å². The van der Waals surface area contributed by atoms with Crippen LogP contribution in [0.15, 0.2) is 54.6 Å². The summed E-state index contributed by atoms with van der Waals surface area (Å²) < 4.78 is 11.1. The van der Waals surface area contributed by atoms with Crippen molar-refractivity contribution in [1.82, 2.24) is 0 Å². The van der Waals surface area contributed by atoms with Crippen LogP contribution in [0, 0.1) is 5.92 Å². The molecule has 4 rings (SSSR count). The Bertz CT molecular complexity index is 801. The second kappa shape index (κ2) is 7.20. The Balaban J connectivity index is 1.57. The molecule has 1 fully saturated rings. The number of hydrogen-bond donors (Lipinski definition) is 0. The molecule has 0 saturated heterocycles. The van der Waals surface area contributed by atoms with Crippen molar-refractivity contribution < 1.29 is 19.1 Å². The Morgan fingerprint density at radius 3 is 2.50 bits per heavy atom. The van der Waals surface area contributed by atoms with Crippen LogP contribution in [0.25, 0.3) is 0 Å². The topological polar surface area (TPSA) is 55.8 Å². The van der Waals surface area contributed by atoms with Gasteiger partial charge in [0, 0.05) is 0 Å². The zero-order valence-corrected chi connectivity index (χ0v) is 14.5. The van der Waals surface area contributed by atoms with Crippen LogP contribution >= 0.6 is 0 Å². The SMILES string of the molecule is O=C(OCC(=O)N1c2ccccc2OCC1c1ccccc1)C1CCC1. The van der Waals surface area contributed by atoms with Crippen molar-refractivity contribution in [2.24, 2.45) is 5.92 Å². The summed E-state index contributed by atoms with van der Waals surface area (Å²) in [5.41, 5.74) is 1.69. The zero-order valence-electron chi connectivity index (χ0n) is 14.5. The molecule has 2 aromatic rings. The first-order valence-corrected chi connectivity index (χ1v) is 8.99. The minimum absolute atomic E-state index is 0.0373. The second-order valence-corrected chi connectivity index (χ2v) is 6.70. The van der Waals surface area contributed by atoms with E-state index in [1.165, 1.54) is 0 Å². The van der Waals surface area contributed by atoms with E-state index in [1.807, 2.05) is 54.6 Å². The summed E-state index contributed by atoms with van der Waals surface area (Å²) in [5, 5.41) is 0. The van der Waals surface area contributed by atoms with Crippen LogP contribution in [0.3, 0.4) is 0 Å². The highest BCUT2D eigenvalue weighted by molar-refractivity contribution is 5.97. The van der Waals surface area contributed by atoms with Gasteiger partial charge in [0.2, 0.25) is 0 Å². The number of carbonyl (C=O) groups excluding carboxylic acids is 2. The summed E-state index contributed by atoms with van der Waals surface area (Å²) >= 11 is 0. The predicted octanol–water partition coefficient (Wildman–Crippen LogP) is 3.50. The normalized spacial score (nSPS) is 19.1. The van der Waals surface area contributed by atoms with E-state index in [0.29, 0.717) is 18.0 Å². The lowest BCUT2D eigenvalue weighted by Crippen LogP contribution is -2.43. The molecule has 1 amide bonds. The molecule has 1 aliphatic heterocycles. The molecular formula is C21H21NO4. The lowest BCUT2D eigenvalue weighted by atomic mass is 9.86. The number of fused-ring (bicyclic) bond motifs is 1. The van der Waals surface area contributed by atoms with Crippen molar-refractivity contribution in [3.05, 3.63) is 60.2 Å². The highest BCUT2D eigenvalue weighted by Crippen LogP contribution is 2.39. The third kappa shape index (κ3) is 3.17. The summed E-state index contributed by atoms with van der Waals surface area (Å²) in [6, 6.07) is 17.0. The lowest BCUT2D eigenvalue weighted by molar-refractivity contribution is -0.154. The molecule has 1 aliphatic carbocycles. The lowest BCUT2D eigenvalue weighted by Gasteiger charge is -2.37. The Morgan fingerprint density at radius 1 is 1.04 bits per heavy atom. The number of esters is 1. The van der Waals surface area contributed by atoms with Crippen molar-refractivity contribution in [2.45, 2.75) is 25.3 Å². The van der Waals surface area contributed by atoms with Crippen LogP contribution in [-0.4, -0.2) is 25.1 Å². The first kappa shape index (κ1) is 16.6. The van der Waals surface area contributed by atoms with E-state index in [9.17, 15) is 9.59 Å². The minimum Gasteiger partial charge on any atom is -0.489 e. The van der Waals surface area contributed by atoms with Gasteiger partial charge in [-0.1, -0.05) is 48.9 Å². The van der Waals surface area contributed by atoms with Gasteiger partial charge < -0.3 is 9.47 Å². The molecule has 0 aromatic heterocycles. The number of nitrogens with zero attached hydrogens (tertiary/aromatic N) is 1. The minimum atomic E-state index is -0.262. The molecule has 0 bridgehead atoms. The van der Waals surface area contributed by atoms with Gasteiger partial charge in [-0.25, -0.2) is 0 Å². The smallest absolute Gasteiger partial charge is 0.309 e. The Kier molecular flexibility index (Phi) is 4.61. The van der Waals surface area contributed by atoms with Gasteiger partial charge >= 0.3 is 5.97 Å². The Labute approximate surface area is 152 Å². The van der Waals surface area contributed by atoms with E-state index >= 15 is 0 Å². The summed E-state index contributed by atoms with van der Waals surface area (Å²) in [4.78, 5) is 26.7. The largest absolute Gasteiger partial charge is 0.489 e. The fraction of sp³-hybridized carbons (Fsp3) is 0.333. The van der Waals surface area contributed by atoms with Gasteiger partial charge in [0.15, 0.2) is 6.61 Å². The maximum atomic E-state index is 13.0. The maximum Gasteiger partial charge on any atom is 0.309 e. The molecule has 2 aromatic carbocycles. The number of carbonyl (C=O) groups is 2. The highest BCUT2D eigenvalue weighted by Gasteiger charge is 2.34. The molecule has 134 valence electrons. The van der Waals surface area contributed by atoms with Crippen molar-refractivity contribution in [2.75, 3.05) is 18.1 Å². The Morgan fingerprint density at radius 2 is 1.77 bits per heavy atom. The van der Waals surface area contributed by atoms with Gasteiger partial charge in [0.05, 0.1) is 17.6 Å². The summed E-state index contributed by atoms with van der Waals surface area (Å²) in [5.74, 6) is 0.132. The molecule has 0 radical (unpaired) electrons. The molecule has 5 nitrogen and oxygen atoms in total. The summed E-state index contributed by atoms with van der Waals surface area (Å²) in [7, 11) is 0. The van der Waals surface area contributed by atoms with E-state index in [1.54, 1.807) is 4.90 Å². The standard InChI is InChI=1S/C21H21NO4/c23-20(14-26-21(24)16-9-6-10-16)22-17-11-4-5-12-19(17)25-13-18(22)15-7-2-1-3-8-15/h1-5,7-8,11-12,16,18H,6,9-10,13-14H2. The molecule has 0 spiro atoms. The maximum absolute atomic E-state index is 13.0. The van der Waals surface area contributed by atoms with Gasteiger partial charge in [0.25, 0.3) is 5.91 Å². The molecule has 1 heterocycles. The molecule has 0 N–H and O–H groups in total. The average Bonchev–Trinajstić information content (AvgIpc) is 2.64. The average molecular weight is 351 g/mol. The molecule has 5 heteroatoms. The fourth-order valence-corrected chi connectivity index (χ4v) is 3.38. The Hall–Kier alpha value is -2.82. The van der Waals surface area contributed by atoms with Crippen LogP contribution in [-0.2, 0) is 14.3 Å². The number of amides is 1. The first-order valence-electron chi connectivity index (χ1n) is 8.99. The van der Waals surface area contributed by atoms with Crippen LogP contribution < -0.4 is 9.64 Å². The third-order valence-corrected chi connectivity index (χ3v) is 5.06. The van der Waals surface area contributed by atoms with E-state index < -0.39 is 0 Å². The molecule has 1 unspecified atom stereocenters.